The fraction of sp³-hybridized carbons (Fsp3) is 0.235. The summed E-state index contributed by atoms with van der Waals surface area (Å²) in [5.74, 6) is 0.638. The Morgan fingerprint density at radius 2 is 2.27 bits per heavy atom. The number of aromatic amines is 1. The fourth-order valence-electron chi connectivity index (χ4n) is 2.48. The number of amides is 2. The maximum atomic E-state index is 12.0. The zero-order valence-electron chi connectivity index (χ0n) is 14.1. The molecule has 0 aliphatic carbocycles. The van der Waals surface area contributed by atoms with Crippen molar-refractivity contribution >= 4 is 23.6 Å². The van der Waals surface area contributed by atoms with Gasteiger partial charge < -0.3 is 20.2 Å². The van der Waals surface area contributed by atoms with Gasteiger partial charge in [0.2, 0.25) is 0 Å². The Labute approximate surface area is 149 Å². The van der Waals surface area contributed by atoms with E-state index < -0.39 is 12.2 Å². The summed E-state index contributed by atoms with van der Waals surface area (Å²) in [6.45, 7) is 0.122. The van der Waals surface area contributed by atoms with Crippen LogP contribution in [0, 0.1) is 0 Å². The number of methoxy groups -OCH3 is 1. The Kier molecular flexibility index (Phi) is 5.18. The molecule has 0 spiro atoms. The van der Waals surface area contributed by atoms with E-state index in [4.69, 9.17) is 10.5 Å². The number of H-pyrrole nitrogens is 1. The first-order chi connectivity index (χ1) is 12.6. The number of ether oxygens (including phenoxy) is 2. The molecule has 0 radical (unpaired) electrons. The normalized spacial score (nSPS) is 18.1. The summed E-state index contributed by atoms with van der Waals surface area (Å²) in [5.41, 5.74) is 8.37. The van der Waals surface area contributed by atoms with Gasteiger partial charge in [-0.1, -0.05) is 12.2 Å². The molecule has 1 aromatic heterocycles. The molecule has 26 heavy (non-hydrogen) atoms. The van der Waals surface area contributed by atoms with Crippen LogP contribution in [0.1, 0.15) is 18.3 Å². The molecule has 9 nitrogen and oxygen atoms in total. The lowest BCUT2D eigenvalue weighted by Crippen LogP contribution is -2.15. The zero-order valence-corrected chi connectivity index (χ0v) is 14.1. The SMILES string of the molecule is COC(=O)Nc1ccc2c(c1)NC(=O)OC/C=C\C[C@H](N)c1ncc-2[nH]1. The highest BCUT2D eigenvalue weighted by Crippen LogP contribution is 2.31. The van der Waals surface area contributed by atoms with Crippen molar-refractivity contribution < 1.29 is 19.1 Å². The first kappa shape index (κ1) is 17.5. The molecule has 0 unspecified atom stereocenters. The Hall–Kier alpha value is -3.33. The number of fused-ring (bicyclic) bond motifs is 4. The van der Waals surface area contributed by atoms with E-state index in [0.29, 0.717) is 34.9 Å². The second-order valence-electron chi connectivity index (χ2n) is 5.60. The molecule has 0 saturated heterocycles. The fourth-order valence-corrected chi connectivity index (χ4v) is 2.48. The average Bonchev–Trinajstić information content (AvgIpc) is 3.11. The molecule has 1 aliphatic rings. The predicted octanol–water partition coefficient (Wildman–Crippen LogP) is 2.76. The van der Waals surface area contributed by atoms with Gasteiger partial charge >= 0.3 is 12.2 Å². The van der Waals surface area contributed by atoms with Gasteiger partial charge in [0.15, 0.2) is 0 Å². The predicted molar refractivity (Wildman–Crippen MR) is 95.7 cm³/mol. The summed E-state index contributed by atoms with van der Waals surface area (Å²) in [7, 11) is 1.27. The Balaban J connectivity index is 2.00. The van der Waals surface area contributed by atoms with E-state index in [9.17, 15) is 9.59 Å². The van der Waals surface area contributed by atoms with Crippen molar-refractivity contribution in [1.82, 2.24) is 9.97 Å². The van der Waals surface area contributed by atoms with Crippen molar-refractivity contribution in [2.24, 2.45) is 5.73 Å². The van der Waals surface area contributed by atoms with E-state index in [1.165, 1.54) is 7.11 Å². The Morgan fingerprint density at radius 1 is 1.42 bits per heavy atom. The first-order valence-corrected chi connectivity index (χ1v) is 7.95. The summed E-state index contributed by atoms with van der Waals surface area (Å²) < 4.78 is 9.69. The van der Waals surface area contributed by atoms with Crippen molar-refractivity contribution in [3.05, 3.63) is 42.4 Å². The first-order valence-electron chi connectivity index (χ1n) is 7.95. The number of rotatable bonds is 1. The van der Waals surface area contributed by atoms with Crippen molar-refractivity contribution in [3.8, 4) is 11.3 Å². The molecular formula is C17H19N5O4. The van der Waals surface area contributed by atoms with Crippen molar-refractivity contribution in [1.29, 1.82) is 0 Å². The number of imidazole rings is 1. The van der Waals surface area contributed by atoms with Crippen LogP contribution in [0.4, 0.5) is 21.0 Å². The third-order valence-corrected chi connectivity index (χ3v) is 3.79. The lowest BCUT2D eigenvalue weighted by Gasteiger charge is -2.12. The molecule has 2 bridgehead atoms. The van der Waals surface area contributed by atoms with Crippen LogP contribution in [0.2, 0.25) is 0 Å². The molecule has 2 aromatic rings. The molecule has 2 amide bonds. The van der Waals surface area contributed by atoms with Gasteiger partial charge in [-0.05, 0) is 24.6 Å². The van der Waals surface area contributed by atoms with E-state index in [1.54, 1.807) is 30.5 Å². The monoisotopic (exact) mass is 357 g/mol. The molecule has 5 N–H and O–H groups in total. The molecule has 0 saturated carbocycles. The zero-order chi connectivity index (χ0) is 18.5. The Bertz CT molecular complexity index is 845. The number of carbonyl (C=O) groups excluding carboxylic acids is 2. The molecule has 2 heterocycles. The minimum absolute atomic E-state index is 0.122. The third kappa shape index (κ3) is 4.01. The van der Waals surface area contributed by atoms with Crippen molar-refractivity contribution in [2.45, 2.75) is 12.5 Å². The van der Waals surface area contributed by atoms with E-state index in [1.807, 2.05) is 6.08 Å². The molecular weight excluding hydrogens is 338 g/mol. The van der Waals surface area contributed by atoms with Gasteiger partial charge in [-0.2, -0.15) is 0 Å². The quantitative estimate of drug-likeness (QED) is 0.580. The second-order valence-corrected chi connectivity index (χ2v) is 5.60. The van der Waals surface area contributed by atoms with Gasteiger partial charge in [-0.3, -0.25) is 10.6 Å². The van der Waals surface area contributed by atoms with Gasteiger partial charge in [0.05, 0.1) is 30.7 Å². The van der Waals surface area contributed by atoms with Crippen LogP contribution in [-0.2, 0) is 9.47 Å². The number of hydrogen-bond acceptors (Lipinski definition) is 6. The van der Waals surface area contributed by atoms with Crippen LogP contribution in [0.25, 0.3) is 11.3 Å². The number of anilines is 2. The molecule has 0 fully saturated rings. The smallest absolute Gasteiger partial charge is 0.411 e. The maximum absolute atomic E-state index is 12.0. The number of benzene rings is 1. The van der Waals surface area contributed by atoms with Crippen LogP contribution in [0.3, 0.4) is 0 Å². The third-order valence-electron chi connectivity index (χ3n) is 3.79. The largest absolute Gasteiger partial charge is 0.453 e. The van der Waals surface area contributed by atoms with Crippen molar-refractivity contribution in [2.75, 3.05) is 24.4 Å². The average molecular weight is 357 g/mol. The maximum Gasteiger partial charge on any atom is 0.411 e. The highest BCUT2D eigenvalue weighted by Gasteiger charge is 2.16. The van der Waals surface area contributed by atoms with Gasteiger partial charge in [0.1, 0.15) is 12.4 Å². The van der Waals surface area contributed by atoms with Gasteiger partial charge in [0.25, 0.3) is 0 Å². The number of nitrogens with one attached hydrogen (secondary N) is 3. The molecule has 9 heteroatoms. The van der Waals surface area contributed by atoms with E-state index >= 15 is 0 Å². The second kappa shape index (κ2) is 7.70. The van der Waals surface area contributed by atoms with E-state index in [2.05, 4.69) is 25.3 Å². The molecule has 136 valence electrons. The molecule has 1 aromatic carbocycles. The van der Waals surface area contributed by atoms with Gasteiger partial charge in [-0.25, -0.2) is 14.6 Å². The summed E-state index contributed by atoms with van der Waals surface area (Å²) in [6.07, 6.45) is 4.53. The van der Waals surface area contributed by atoms with Crippen LogP contribution >= 0.6 is 0 Å². The number of hydrogen-bond donors (Lipinski definition) is 4. The van der Waals surface area contributed by atoms with Crippen LogP contribution in [-0.4, -0.2) is 35.9 Å². The number of carbonyl (C=O) groups is 2. The molecule has 1 aliphatic heterocycles. The lowest BCUT2D eigenvalue weighted by molar-refractivity contribution is 0.174. The van der Waals surface area contributed by atoms with E-state index in [-0.39, 0.29) is 12.6 Å². The van der Waals surface area contributed by atoms with Gasteiger partial charge in [-0.15, -0.1) is 0 Å². The number of nitrogens with two attached hydrogens (primary N) is 1. The minimum Gasteiger partial charge on any atom is -0.453 e. The summed E-state index contributed by atoms with van der Waals surface area (Å²) in [6, 6.07) is 4.72. The Morgan fingerprint density at radius 3 is 3.08 bits per heavy atom. The topological polar surface area (TPSA) is 131 Å². The van der Waals surface area contributed by atoms with Crippen LogP contribution in [0.15, 0.2) is 36.5 Å². The molecule has 1 atom stereocenters. The van der Waals surface area contributed by atoms with Crippen LogP contribution in [0.5, 0.6) is 0 Å². The lowest BCUT2D eigenvalue weighted by atomic mass is 10.1. The van der Waals surface area contributed by atoms with Gasteiger partial charge in [0, 0.05) is 11.3 Å². The van der Waals surface area contributed by atoms with Crippen molar-refractivity contribution in [3.63, 3.8) is 0 Å². The highest BCUT2D eigenvalue weighted by atomic mass is 16.5. The number of aromatic nitrogens is 2. The number of nitrogens with zero attached hydrogens (tertiary/aromatic N) is 1. The standard InChI is InChI=1S/C17H19N5O4/c1-25-16(23)20-10-5-6-11-13(8-10)22-17(24)26-7-3-2-4-12(18)15-19-9-14(11)21-15/h2-3,5-6,8-9,12H,4,7,18H2,1H3,(H,19,21)(H,20,23)(H,22,24)/b3-2-/t12-/m0/s1. The number of cyclic esters (lactones) is 1. The van der Waals surface area contributed by atoms with Crippen LogP contribution < -0.4 is 16.4 Å². The minimum atomic E-state index is -0.616. The van der Waals surface area contributed by atoms with E-state index in [0.717, 1.165) is 0 Å². The highest BCUT2D eigenvalue weighted by molar-refractivity contribution is 5.94. The summed E-state index contributed by atoms with van der Waals surface area (Å²) in [4.78, 5) is 30.9. The molecule has 3 rings (SSSR count). The summed E-state index contributed by atoms with van der Waals surface area (Å²) >= 11 is 0. The summed E-state index contributed by atoms with van der Waals surface area (Å²) in [5, 5.41) is 5.22.